The molecule has 2 aliphatic heterocycles. The van der Waals surface area contributed by atoms with Crippen molar-refractivity contribution in [3.63, 3.8) is 0 Å². The van der Waals surface area contributed by atoms with Gasteiger partial charge in [0.25, 0.3) is 0 Å². The normalized spacial score (nSPS) is 16.9. The van der Waals surface area contributed by atoms with E-state index in [0.717, 1.165) is 37.8 Å². The van der Waals surface area contributed by atoms with Crippen LogP contribution in [0, 0.1) is 11.6 Å². The van der Waals surface area contributed by atoms with E-state index in [1.54, 1.807) is 24.2 Å². The molecule has 0 atom stereocenters. The van der Waals surface area contributed by atoms with Crippen LogP contribution in [0.3, 0.4) is 0 Å². The van der Waals surface area contributed by atoms with Gasteiger partial charge in [-0.25, -0.2) is 18.7 Å². The topological polar surface area (TPSA) is 77.5 Å². The van der Waals surface area contributed by atoms with E-state index in [1.165, 1.54) is 11.0 Å². The van der Waals surface area contributed by atoms with E-state index in [4.69, 9.17) is 0 Å². The van der Waals surface area contributed by atoms with Gasteiger partial charge in [-0.2, -0.15) is 0 Å². The lowest BCUT2D eigenvalue weighted by atomic mass is 9.93. The molecule has 10 heteroatoms. The number of pyridine rings is 1. The fourth-order valence-electron chi connectivity index (χ4n) is 5.13. The zero-order valence-corrected chi connectivity index (χ0v) is 21.5. The molecule has 0 aliphatic carbocycles. The third kappa shape index (κ3) is 4.98. The number of nitrogens with one attached hydrogen (secondary N) is 1. The second-order valence-corrected chi connectivity index (χ2v) is 10.1. The van der Waals surface area contributed by atoms with Gasteiger partial charge < -0.3 is 20.0 Å². The number of carbonyl (C=O) groups excluding carboxylic acids is 1. The molecule has 8 nitrogen and oxygen atoms in total. The highest BCUT2D eigenvalue weighted by Crippen LogP contribution is 2.40. The van der Waals surface area contributed by atoms with Crippen LogP contribution in [0.25, 0.3) is 11.3 Å². The molecule has 1 aromatic carbocycles. The van der Waals surface area contributed by atoms with Crippen LogP contribution in [0.1, 0.15) is 38.3 Å². The quantitative estimate of drug-likeness (QED) is 0.543. The summed E-state index contributed by atoms with van der Waals surface area (Å²) in [6.07, 6.45) is 4.93. The second kappa shape index (κ2) is 10.0. The van der Waals surface area contributed by atoms with Crippen molar-refractivity contribution in [2.75, 3.05) is 48.8 Å². The molecule has 0 unspecified atom stereocenters. The Labute approximate surface area is 215 Å². The van der Waals surface area contributed by atoms with Gasteiger partial charge in [0.05, 0.1) is 36.0 Å². The number of amides is 1. The number of fused-ring (bicyclic) bond motifs is 1. The van der Waals surface area contributed by atoms with Crippen molar-refractivity contribution in [1.82, 2.24) is 19.9 Å². The molecule has 3 aromatic rings. The maximum atomic E-state index is 15.3. The molecule has 0 radical (unpaired) electrons. The van der Waals surface area contributed by atoms with Crippen molar-refractivity contribution in [3.05, 3.63) is 54.0 Å². The molecule has 1 N–H and O–H groups in total. The number of aromatic nitrogens is 3. The summed E-state index contributed by atoms with van der Waals surface area (Å²) in [7, 11) is 3.79. The summed E-state index contributed by atoms with van der Waals surface area (Å²) in [5.74, 6) is -0.781. The fraction of sp³-hybridized carbons (Fsp3) is 0.407. The molecule has 0 saturated carbocycles. The van der Waals surface area contributed by atoms with Crippen LogP contribution >= 0.6 is 0 Å². The van der Waals surface area contributed by atoms with Gasteiger partial charge in [0, 0.05) is 30.3 Å². The Hall–Kier alpha value is -3.66. The monoisotopic (exact) mass is 507 g/mol. The molecule has 0 spiro atoms. The average molecular weight is 508 g/mol. The first kappa shape index (κ1) is 25.0. The van der Waals surface area contributed by atoms with E-state index in [1.807, 2.05) is 26.0 Å². The summed E-state index contributed by atoms with van der Waals surface area (Å²) in [6.45, 7) is 5.90. The zero-order valence-electron chi connectivity index (χ0n) is 21.5. The minimum Gasteiger partial charge on any atom is -0.361 e. The molecule has 37 heavy (non-hydrogen) atoms. The van der Waals surface area contributed by atoms with Gasteiger partial charge >= 0.3 is 0 Å². The number of likely N-dealkylation sites (N-methyl/N-ethyl adjacent to an activating group) is 1. The van der Waals surface area contributed by atoms with Crippen molar-refractivity contribution in [2.45, 2.75) is 38.6 Å². The third-order valence-corrected chi connectivity index (χ3v) is 7.04. The first-order chi connectivity index (χ1) is 17.7. The molecule has 1 amide bonds. The number of piperidine rings is 1. The van der Waals surface area contributed by atoms with Gasteiger partial charge in [-0.15, -0.1) is 0 Å². The maximum Gasteiger partial charge on any atom is 0.246 e. The Balaban J connectivity index is 1.42. The van der Waals surface area contributed by atoms with Crippen LogP contribution in [0.2, 0.25) is 0 Å². The lowest BCUT2D eigenvalue weighted by Gasteiger charge is -2.38. The molecule has 2 aromatic heterocycles. The van der Waals surface area contributed by atoms with E-state index in [2.05, 4.69) is 32.2 Å². The molecule has 5 rings (SSSR count). The first-order valence-electron chi connectivity index (χ1n) is 12.5. The van der Waals surface area contributed by atoms with Crippen LogP contribution in [0.15, 0.2) is 36.7 Å². The number of likely N-dealkylation sites (tertiary alicyclic amines) is 1. The van der Waals surface area contributed by atoms with E-state index >= 15 is 4.39 Å². The minimum absolute atomic E-state index is 0.0560. The van der Waals surface area contributed by atoms with Crippen LogP contribution in [0.4, 0.5) is 31.8 Å². The van der Waals surface area contributed by atoms with E-state index in [9.17, 15) is 9.18 Å². The molecule has 1 saturated heterocycles. The number of anilines is 4. The molecular weight excluding hydrogens is 476 g/mol. The van der Waals surface area contributed by atoms with Crippen molar-refractivity contribution in [3.8, 4) is 11.3 Å². The molecule has 194 valence electrons. The highest BCUT2D eigenvalue weighted by molar-refractivity contribution is 6.04. The van der Waals surface area contributed by atoms with Crippen molar-refractivity contribution < 1.29 is 13.6 Å². The molecule has 1 fully saturated rings. The number of benzene rings is 1. The van der Waals surface area contributed by atoms with Gasteiger partial charge in [0.15, 0.2) is 5.82 Å². The summed E-state index contributed by atoms with van der Waals surface area (Å²) in [5, 5.41) is 3.07. The second-order valence-electron chi connectivity index (χ2n) is 10.1. The van der Waals surface area contributed by atoms with Crippen LogP contribution in [-0.2, 0) is 4.79 Å². The van der Waals surface area contributed by atoms with Crippen molar-refractivity contribution in [1.29, 1.82) is 0 Å². The number of nitrogens with zero attached hydrogens (tertiary/aromatic N) is 6. The zero-order chi connectivity index (χ0) is 26.3. The minimum atomic E-state index is -0.688. The van der Waals surface area contributed by atoms with Crippen LogP contribution in [-0.4, -0.2) is 65.5 Å². The summed E-state index contributed by atoms with van der Waals surface area (Å²) in [6, 6.07) is 6.58. The lowest BCUT2D eigenvalue weighted by molar-refractivity contribution is -0.117. The third-order valence-electron chi connectivity index (χ3n) is 7.04. The lowest BCUT2D eigenvalue weighted by Crippen LogP contribution is -2.47. The SMILES string of the molecule is CC(C)N1C(=O)CN(C)c2c(F)cc(-c3nc(Nc4ccc(C5CCN(C)CC5)nc4)ncc3F)cc21. The number of carbonyl (C=O) groups is 1. The van der Waals surface area contributed by atoms with Crippen molar-refractivity contribution in [2.24, 2.45) is 0 Å². The van der Waals surface area contributed by atoms with Gasteiger partial charge in [-0.1, -0.05) is 0 Å². The highest BCUT2D eigenvalue weighted by atomic mass is 19.1. The fourth-order valence-corrected chi connectivity index (χ4v) is 5.13. The summed E-state index contributed by atoms with van der Waals surface area (Å²) in [4.78, 5) is 31.1. The molecule has 2 aliphatic rings. The number of hydrogen-bond donors (Lipinski definition) is 1. The maximum absolute atomic E-state index is 15.3. The van der Waals surface area contributed by atoms with Gasteiger partial charge in [-0.3, -0.25) is 9.78 Å². The largest absolute Gasteiger partial charge is 0.361 e. The van der Waals surface area contributed by atoms with E-state index < -0.39 is 11.6 Å². The predicted octanol–water partition coefficient (Wildman–Crippen LogP) is 4.56. The Kier molecular flexibility index (Phi) is 6.76. The van der Waals surface area contributed by atoms with E-state index in [-0.39, 0.29) is 35.7 Å². The summed E-state index contributed by atoms with van der Waals surface area (Å²) < 4.78 is 30.1. The smallest absolute Gasteiger partial charge is 0.246 e. The van der Waals surface area contributed by atoms with Crippen LogP contribution in [0.5, 0.6) is 0 Å². The predicted molar refractivity (Wildman–Crippen MR) is 140 cm³/mol. The van der Waals surface area contributed by atoms with E-state index in [0.29, 0.717) is 23.0 Å². The first-order valence-corrected chi connectivity index (χ1v) is 12.5. The van der Waals surface area contributed by atoms with Gasteiger partial charge in [0.1, 0.15) is 11.5 Å². The highest BCUT2D eigenvalue weighted by Gasteiger charge is 2.32. The van der Waals surface area contributed by atoms with Gasteiger partial charge in [-0.05, 0) is 71.1 Å². The Bertz CT molecular complexity index is 1310. The molecule has 4 heterocycles. The molecular formula is C27H31F2N7O. The number of hydrogen-bond acceptors (Lipinski definition) is 7. The Morgan fingerprint density at radius 3 is 2.46 bits per heavy atom. The summed E-state index contributed by atoms with van der Waals surface area (Å²) >= 11 is 0. The van der Waals surface area contributed by atoms with Crippen LogP contribution < -0.4 is 15.1 Å². The average Bonchev–Trinajstić information content (AvgIpc) is 2.85. The number of rotatable bonds is 5. The standard InChI is InChI=1S/C27H31F2N7O/c1-16(2)36-23-12-18(11-20(28)26(23)35(4)15-24(36)37)25-21(29)14-31-27(33-25)32-19-5-6-22(30-13-19)17-7-9-34(3)10-8-17/h5-6,11-14,16-17H,7-10,15H2,1-4H3,(H,31,32,33). The Morgan fingerprint density at radius 1 is 1.03 bits per heavy atom. The summed E-state index contributed by atoms with van der Waals surface area (Å²) in [5.41, 5.74) is 2.59. The van der Waals surface area contributed by atoms with Gasteiger partial charge in [0.2, 0.25) is 11.9 Å². The van der Waals surface area contributed by atoms with Crippen molar-refractivity contribution >= 4 is 28.9 Å². The Morgan fingerprint density at radius 2 is 1.78 bits per heavy atom. The molecule has 0 bridgehead atoms. The number of halogens is 2.